The first-order chi connectivity index (χ1) is 13.6. The van der Waals surface area contributed by atoms with E-state index >= 15 is 0 Å². The minimum atomic E-state index is -0.256. The fourth-order valence-electron chi connectivity index (χ4n) is 3.91. The van der Waals surface area contributed by atoms with Crippen molar-refractivity contribution >= 4 is 28.6 Å². The van der Waals surface area contributed by atoms with Crippen LogP contribution in [0, 0.1) is 0 Å². The van der Waals surface area contributed by atoms with Crippen LogP contribution in [0.15, 0.2) is 34.2 Å². The van der Waals surface area contributed by atoms with Gasteiger partial charge in [-0.2, -0.15) is 0 Å². The topological polar surface area (TPSA) is 55.2 Å². The van der Waals surface area contributed by atoms with E-state index in [1.165, 1.54) is 18.2 Å². The third kappa shape index (κ3) is 4.43. The molecule has 2 heterocycles. The van der Waals surface area contributed by atoms with Gasteiger partial charge in [-0.05, 0) is 51.2 Å². The molecule has 0 radical (unpaired) electrons. The quantitative estimate of drug-likeness (QED) is 0.507. The van der Waals surface area contributed by atoms with Gasteiger partial charge >= 0.3 is 0 Å². The number of aromatic nitrogens is 2. The highest BCUT2D eigenvalue weighted by Gasteiger charge is 2.30. The van der Waals surface area contributed by atoms with Crippen molar-refractivity contribution in [1.29, 1.82) is 0 Å². The van der Waals surface area contributed by atoms with E-state index in [2.05, 4.69) is 18.7 Å². The van der Waals surface area contributed by atoms with Crippen LogP contribution >= 0.6 is 11.8 Å². The number of benzene rings is 1. The number of hydrogen-bond acceptors (Lipinski definition) is 4. The predicted octanol–water partition coefficient (Wildman–Crippen LogP) is 4.47. The van der Waals surface area contributed by atoms with Gasteiger partial charge < -0.3 is 4.90 Å². The summed E-state index contributed by atoms with van der Waals surface area (Å²) in [6, 6.07) is 7.81. The number of fused-ring (bicyclic) bond motifs is 1. The molecular weight excluding hydrogens is 370 g/mol. The normalized spacial score (nSPS) is 18.4. The smallest absolute Gasteiger partial charge is 0.262 e. The van der Waals surface area contributed by atoms with Gasteiger partial charge in [0.25, 0.3) is 5.56 Å². The molecule has 1 fully saturated rings. The summed E-state index contributed by atoms with van der Waals surface area (Å²) in [5.74, 6) is 0.168. The standard InChI is InChI=1S/C22H31N3O2S/c1-4-6-14-25-21(27)18-12-7-8-13-19(18)23-22(25)28-16(3)20(26)24-15-10-9-11-17(24)5-2/h7-8,12-13,16-17H,4-6,9-11,14-15H2,1-3H3. The number of rotatable bonds is 7. The largest absolute Gasteiger partial charge is 0.339 e. The highest BCUT2D eigenvalue weighted by Crippen LogP contribution is 2.27. The van der Waals surface area contributed by atoms with Crippen LogP contribution < -0.4 is 5.56 Å². The highest BCUT2D eigenvalue weighted by molar-refractivity contribution is 8.00. The Morgan fingerprint density at radius 3 is 2.82 bits per heavy atom. The highest BCUT2D eigenvalue weighted by atomic mass is 32.2. The third-order valence-corrected chi connectivity index (χ3v) is 6.65. The fourth-order valence-corrected chi connectivity index (χ4v) is 4.91. The molecule has 1 amide bonds. The van der Waals surface area contributed by atoms with Gasteiger partial charge in [-0.3, -0.25) is 14.2 Å². The van der Waals surface area contributed by atoms with Gasteiger partial charge in [-0.25, -0.2) is 4.98 Å². The summed E-state index contributed by atoms with van der Waals surface area (Å²) in [7, 11) is 0. The molecule has 28 heavy (non-hydrogen) atoms. The minimum Gasteiger partial charge on any atom is -0.339 e. The van der Waals surface area contributed by atoms with Gasteiger partial charge in [0.1, 0.15) is 0 Å². The number of likely N-dealkylation sites (tertiary alicyclic amines) is 1. The molecule has 1 saturated heterocycles. The van der Waals surface area contributed by atoms with Crippen molar-refractivity contribution in [3.63, 3.8) is 0 Å². The number of nitrogens with zero attached hydrogens (tertiary/aromatic N) is 3. The Bertz CT molecular complexity index is 880. The Hall–Kier alpha value is -1.82. The molecule has 152 valence electrons. The molecule has 0 N–H and O–H groups in total. The van der Waals surface area contributed by atoms with Crippen LogP contribution in [0.1, 0.15) is 59.3 Å². The summed E-state index contributed by atoms with van der Waals surface area (Å²) in [5, 5.41) is 1.04. The third-order valence-electron chi connectivity index (χ3n) is 5.57. The monoisotopic (exact) mass is 401 g/mol. The van der Waals surface area contributed by atoms with Gasteiger partial charge in [0.2, 0.25) is 5.91 Å². The Morgan fingerprint density at radius 2 is 2.07 bits per heavy atom. The molecular formula is C22H31N3O2S. The van der Waals surface area contributed by atoms with Gasteiger partial charge in [-0.1, -0.05) is 44.2 Å². The summed E-state index contributed by atoms with van der Waals surface area (Å²) < 4.78 is 1.76. The molecule has 1 aliphatic rings. The van der Waals surface area contributed by atoms with Crippen molar-refractivity contribution in [2.75, 3.05) is 6.54 Å². The van der Waals surface area contributed by atoms with Crippen LogP contribution in [0.4, 0.5) is 0 Å². The molecule has 2 atom stereocenters. The number of hydrogen-bond donors (Lipinski definition) is 0. The van der Waals surface area contributed by atoms with Crippen LogP contribution in [0.3, 0.4) is 0 Å². The van der Waals surface area contributed by atoms with E-state index in [-0.39, 0.29) is 16.7 Å². The van der Waals surface area contributed by atoms with E-state index in [0.29, 0.717) is 28.6 Å². The Kier molecular flexibility index (Phi) is 7.16. The molecule has 1 aromatic heterocycles. The molecule has 0 bridgehead atoms. The lowest BCUT2D eigenvalue weighted by Gasteiger charge is -2.36. The Morgan fingerprint density at radius 1 is 1.29 bits per heavy atom. The summed E-state index contributed by atoms with van der Waals surface area (Å²) in [4.78, 5) is 33.0. The summed E-state index contributed by atoms with van der Waals surface area (Å²) in [6.45, 7) is 7.69. The number of piperidine rings is 1. The predicted molar refractivity (Wildman–Crippen MR) is 116 cm³/mol. The molecule has 2 unspecified atom stereocenters. The maximum Gasteiger partial charge on any atom is 0.262 e. The zero-order valence-electron chi connectivity index (χ0n) is 17.2. The van der Waals surface area contributed by atoms with E-state index in [1.807, 2.05) is 31.2 Å². The van der Waals surface area contributed by atoms with Crippen molar-refractivity contribution in [3.8, 4) is 0 Å². The van der Waals surface area contributed by atoms with Crippen LogP contribution in [0.25, 0.3) is 10.9 Å². The molecule has 1 aromatic carbocycles. The summed E-state index contributed by atoms with van der Waals surface area (Å²) in [5.41, 5.74) is 0.692. The second-order valence-electron chi connectivity index (χ2n) is 7.57. The lowest BCUT2D eigenvalue weighted by atomic mass is 10.00. The fraction of sp³-hybridized carbons (Fsp3) is 0.591. The number of thioether (sulfide) groups is 1. The van der Waals surface area contributed by atoms with Gasteiger partial charge in [0.05, 0.1) is 16.2 Å². The molecule has 1 aliphatic heterocycles. The molecule has 0 saturated carbocycles. The zero-order chi connectivity index (χ0) is 20.1. The van der Waals surface area contributed by atoms with Crippen LogP contribution in [0.5, 0.6) is 0 Å². The lowest BCUT2D eigenvalue weighted by molar-refractivity contribution is -0.134. The molecule has 0 spiro atoms. The Labute approximate surface area is 171 Å². The van der Waals surface area contributed by atoms with Crippen molar-refractivity contribution < 1.29 is 4.79 Å². The zero-order valence-corrected chi connectivity index (χ0v) is 18.0. The maximum absolute atomic E-state index is 13.1. The lowest BCUT2D eigenvalue weighted by Crippen LogP contribution is -2.46. The minimum absolute atomic E-state index is 0.00870. The number of para-hydroxylation sites is 1. The van der Waals surface area contributed by atoms with Gasteiger partial charge in [0, 0.05) is 19.1 Å². The molecule has 5 nitrogen and oxygen atoms in total. The van der Waals surface area contributed by atoms with Crippen LogP contribution in [-0.4, -0.2) is 38.2 Å². The number of amides is 1. The van der Waals surface area contributed by atoms with Crippen molar-refractivity contribution in [1.82, 2.24) is 14.5 Å². The van der Waals surface area contributed by atoms with E-state index in [1.54, 1.807) is 4.57 Å². The van der Waals surface area contributed by atoms with Crippen molar-refractivity contribution in [2.24, 2.45) is 0 Å². The summed E-state index contributed by atoms with van der Waals surface area (Å²) in [6.07, 6.45) is 6.29. The van der Waals surface area contributed by atoms with E-state index in [9.17, 15) is 9.59 Å². The first kappa shape index (κ1) is 20.9. The van der Waals surface area contributed by atoms with E-state index < -0.39 is 0 Å². The maximum atomic E-state index is 13.1. The van der Waals surface area contributed by atoms with Crippen LogP contribution in [0.2, 0.25) is 0 Å². The van der Waals surface area contributed by atoms with Crippen molar-refractivity contribution in [3.05, 3.63) is 34.6 Å². The van der Waals surface area contributed by atoms with Crippen molar-refractivity contribution in [2.45, 2.75) is 82.3 Å². The molecule has 0 aliphatic carbocycles. The molecule has 6 heteroatoms. The van der Waals surface area contributed by atoms with E-state index in [4.69, 9.17) is 4.98 Å². The molecule has 3 rings (SSSR count). The number of carbonyl (C=O) groups is 1. The first-order valence-corrected chi connectivity index (χ1v) is 11.4. The number of unbranched alkanes of at least 4 members (excludes halogenated alkanes) is 1. The molecule has 2 aromatic rings. The number of carbonyl (C=O) groups excluding carboxylic acids is 1. The summed E-state index contributed by atoms with van der Waals surface area (Å²) >= 11 is 1.42. The Balaban J connectivity index is 1.89. The second-order valence-corrected chi connectivity index (χ2v) is 8.88. The second kappa shape index (κ2) is 9.59. The average molecular weight is 402 g/mol. The van der Waals surface area contributed by atoms with E-state index in [0.717, 1.165) is 38.6 Å². The average Bonchev–Trinajstić information content (AvgIpc) is 2.73. The van der Waals surface area contributed by atoms with Gasteiger partial charge in [0.15, 0.2) is 5.16 Å². The first-order valence-electron chi connectivity index (χ1n) is 10.5. The SMILES string of the molecule is CCCCn1c(SC(C)C(=O)N2CCCCC2CC)nc2ccccc2c1=O. The van der Waals surface area contributed by atoms with Gasteiger partial charge in [-0.15, -0.1) is 0 Å². The van der Waals surface area contributed by atoms with Crippen LogP contribution in [-0.2, 0) is 11.3 Å².